The van der Waals surface area contributed by atoms with Gasteiger partial charge in [0.2, 0.25) is 0 Å². The van der Waals surface area contributed by atoms with Gasteiger partial charge in [0.25, 0.3) is 0 Å². The number of pyridine rings is 1. The predicted molar refractivity (Wildman–Crippen MR) is 77.9 cm³/mol. The Morgan fingerprint density at radius 3 is 2.65 bits per heavy atom. The molecule has 1 aliphatic rings. The fourth-order valence-corrected chi connectivity index (χ4v) is 2.35. The first-order chi connectivity index (χ1) is 9.79. The van der Waals surface area contributed by atoms with E-state index in [0.29, 0.717) is 11.8 Å². The second-order valence-electron chi connectivity index (χ2n) is 4.94. The molecule has 0 atom stereocenters. The zero-order valence-corrected chi connectivity index (χ0v) is 11.8. The van der Waals surface area contributed by atoms with Gasteiger partial charge in [-0.25, -0.2) is 4.98 Å². The van der Waals surface area contributed by atoms with Crippen LogP contribution in [-0.2, 0) is 11.3 Å². The van der Waals surface area contributed by atoms with Crippen LogP contribution in [0.5, 0.6) is 5.75 Å². The Hall–Kier alpha value is -1.58. The summed E-state index contributed by atoms with van der Waals surface area (Å²) in [5, 5.41) is 0.457. The molecule has 0 bridgehead atoms. The molecular weight excluding hydrogens is 274 g/mol. The van der Waals surface area contributed by atoms with Crippen molar-refractivity contribution in [3.63, 3.8) is 0 Å². The van der Waals surface area contributed by atoms with Crippen LogP contribution in [0.4, 0.5) is 0 Å². The first kappa shape index (κ1) is 13.4. The summed E-state index contributed by atoms with van der Waals surface area (Å²) in [5.74, 6) is 0.775. The summed E-state index contributed by atoms with van der Waals surface area (Å²) in [4.78, 5) is 3.93. The highest BCUT2D eigenvalue weighted by Gasteiger charge is 2.31. The van der Waals surface area contributed by atoms with Crippen molar-refractivity contribution >= 4 is 11.6 Å². The molecule has 4 heteroatoms. The van der Waals surface area contributed by atoms with E-state index in [2.05, 4.69) is 17.1 Å². The largest absolute Gasteiger partial charge is 0.490 e. The number of nitrogens with zero attached hydrogens (tertiary/aromatic N) is 1. The Morgan fingerprint density at radius 1 is 1.10 bits per heavy atom. The fourth-order valence-electron chi connectivity index (χ4n) is 2.19. The molecule has 1 saturated carbocycles. The zero-order valence-electron chi connectivity index (χ0n) is 11.0. The van der Waals surface area contributed by atoms with Crippen molar-refractivity contribution in [1.82, 2.24) is 4.98 Å². The predicted octanol–water partition coefficient (Wildman–Crippen LogP) is 3.86. The molecule has 1 aliphatic carbocycles. The van der Waals surface area contributed by atoms with Crippen LogP contribution in [0.1, 0.15) is 18.4 Å². The maximum atomic E-state index is 5.84. The van der Waals surface area contributed by atoms with Crippen LogP contribution < -0.4 is 4.74 Å². The lowest BCUT2D eigenvalue weighted by molar-refractivity contribution is -0.0683. The maximum Gasteiger partial charge on any atom is 0.132 e. The van der Waals surface area contributed by atoms with Crippen LogP contribution in [0, 0.1) is 0 Å². The lowest BCUT2D eigenvalue weighted by Crippen LogP contribution is -2.39. The van der Waals surface area contributed by atoms with Crippen molar-refractivity contribution < 1.29 is 9.47 Å². The van der Waals surface area contributed by atoms with Gasteiger partial charge in [0, 0.05) is 25.1 Å². The number of halogens is 1. The maximum absolute atomic E-state index is 5.84. The Morgan fingerprint density at radius 2 is 1.90 bits per heavy atom. The van der Waals surface area contributed by atoms with Crippen LogP contribution in [-0.4, -0.2) is 17.2 Å². The molecule has 0 aliphatic heterocycles. The van der Waals surface area contributed by atoms with Crippen LogP contribution in [0.25, 0.3) is 0 Å². The van der Waals surface area contributed by atoms with Gasteiger partial charge < -0.3 is 9.47 Å². The van der Waals surface area contributed by atoms with Crippen molar-refractivity contribution in [2.45, 2.75) is 31.7 Å². The van der Waals surface area contributed by atoms with Gasteiger partial charge in [0.15, 0.2) is 0 Å². The van der Waals surface area contributed by atoms with E-state index in [-0.39, 0.29) is 12.2 Å². The first-order valence-electron chi connectivity index (χ1n) is 6.73. The van der Waals surface area contributed by atoms with Gasteiger partial charge in [0.1, 0.15) is 17.0 Å². The molecule has 0 unspecified atom stereocenters. The molecule has 104 valence electrons. The summed E-state index contributed by atoms with van der Waals surface area (Å²) in [5.41, 5.74) is 1.21. The molecule has 0 amide bonds. The van der Waals surface area contributed by atoms with Crippen molar-refractivity contribution in [2.75, 3.05) is 0 Å². The van der Waals surface area contributed by atoms with Crippen LogP contribution in [0.3, 0.4) is 0 Å². The summed E-state index contributed by atoms with van der Waals surface area (Å²) < 4.78 is 11.6. The number of ether oxygens (including phenoxy) is 2. The van der Waals surface area contributed by atoms with E-state index in [0.717, 1.165) is 18.6 Å². The Balaban J connectivity index is 1.41. The zero-order chi connectivity index (χ0) is 13.8. The highest BCUT2D eigenvalue weighted by Crippen LogP contribution is 2.29. The molecule has 0 N–H and O–H groups in total. The number of benzene rings is 1. The average molecular weight is 290 g/mol. The lowest BCUT2D eigenvalue weighted by Gasteiger charge is -2.35. The Labute approximate surface area is 123 Å². The third-order valence-corrected chi connectivity index (χ3v) is 3.59. The van der Waals surface area contributed by atoms with E-state index in [1.54, 1.807) is 12.3 Å². The van der Waals surface area contributed by atoms with Gasteiger partial charge >= 0.3 is 0 Å². The van der Waals surface area contributed by atoms with Gasteiger partial charge in [-0.15, -0.1) is 0 Å². The minimum absolute atomic E-state index is 0.217. The molecular formula is C16H16ClNO2. The molecule has 20 heavy (non-hydrogen) atoms. The molecule has 1 fully saturated rings. The third-order valence-electron chi connectivity index (χ3n) is 3.38. The molecule has 0 spiro atoms. The fraction of sp³-hybridized carbons (Fsp3) is 0.312. The summed E-state index contributed by atoms with van der Waals surface area (Å²) in [7, 11) is 0. The number of rotatable bonds is 5. The number of aromatic nitrogens is 1. The minimum atomic E-state index is 0.217. The quantitative estimate of drug-likeness (QED) is 0.783. The van der Waals surface area contributed by atoms with Gasteiger partial charge in [0.05, 0.1) is 12.7 Å². The number of hydrogen-bond donors (Lipinski definition) is 0. The van der Waals surface area contributed by atoms with Crippen LogP contribution >= 0.6 is 11.6 Å². The molecule has 1 aromatic heterocycles. The highest BCUT2D eigenvalue weighted by molar-refractivity contribution is 6.29. The van der Waals surface area contributed by atoms with E-state index in [1.165, 1.54) is 5.56 Å². The minimum Gasteiger partial charge on any atom is -0.490 e. The average Bonchev–Trinajstić information content (AvgIpc) is 2.42. The van der Waals surface area contributed by atoms with Crippen molar-refractivity contribution in [2.24, 2.45) is 0 Å². The van der Waals surface area contributed by atoms with Crippen molar-refractivity contribution in [3.05, 3.63) is 59.4 Å². The lowest BCUT2D eigenvalue weighted by atomic mass is 9.92. The van der Waals surface area contributed by atoms with Gasteiger partial charge in [-0.2, -0.15) is 0 Å². The van der Waals surface area contributed by atoms with Gasteiger partial charge in [-0.05, 0) is 11.6 Å². The second-order valence-corrected chi connectivity index (χ2v) is 5.33. The molecule has 1 heterocycles. The standard InChI is InChI=1S/C16H16ClNO2/c17-16-10-13(6-7-18-16)20-15-8-14(9-15)19-11-12-4-2-1-3-5-12/h1-7,10,14-15H,8-9,11H2. The molecule has 1 aromatic carbocycles. The molecule has 0 radical (unpaired) electrons. The monoisotopic (exact) mass is 289 g/mol. The summed E-state index contributed by atoms with van der Waals surface area (Å²) in [6.45, 7) is 0.666. The Bertz CT molecular complexity index is 555. The van der Waals surface area contributed by atoms with E-state index in [1.807, 2.05) is 24.3 Å². The SMILES string of the molecule is Clc1cc(OC2CC(OCc3ccccc3)C2)ccn1. The first-order valence-corrected chi connectivity index (χ1v) is 7.11. The molecule has 0 saturated heterocycles. The third kappa shape index (κ3) is 3.50. The van der Waals surface area contributed by atoms with Crippen LogP contribution in [0.2, 0.25) is 5.15 Å². The van der Waals surface area contributed by atoms with Gasteiger partial charge in [-0.1, -0.05) is 41.9 Å². The molecule has 3 nitrogen and oxygen atoms in total. The van der Waals surface area contributed by atoms with E-state index >= 15 is 0 Å². The molecule has 3 rings (SSSR count). The Kier molecular flexibility index (Phi) is 4.19. The van der Waals surface area contributed by atoms with Crippen molar-refractivity contribution in [1.29, 1.82) is 0 Å². The summed E-state index contributed by atoms with van der Waals surface area (Å²) in [6.07, 6.45) is 4.01. The summed E-state index contributed by atoms with van der Waals surface area (Å²) >= 11 is 5.82. The number of hydrogen-bond acceptors (Lipinski definition) is 3. The summed E-state index contributed by atoms with van der Waals surface area (Å²) in [6, 6.07) is 13.8. The van der Waals surface area contributed by atoms with E-state index < -0.39 is 0 Å². The van der Waals surface area contributed by atoms with E-state index in [4.69, 9.17) is 21.1 Å². The second kappa shape index (κ2) is 6.25. The smallest absolute Gasteiger partial charge is 0.132 e. The molecule has 2 aromatic rings. The van der Waals surface area contributed by atoms with E-state index in [9.17, 15) is 0 Å². The van der Waals surface area contributed by atoms with Crippen LogP contribution in [0.15, 0.2) is 48.7 Å². The van der Waals surface area contributed by atoms with Crippen molar-refractivity contribution in [3.8, 4) is 5.75 Å². The highest BCUT2D eigenvalue weighted by atomic mass is 35.5. The van der Waals surface area contributed by atoms with Gasteiger partial charge in [-0.3, -0.25) is 0 Å². The topological polar surface area (TPSA) is 31.4 Å². The normalized spacial score (nSPS) is 21.2.